The van der Waals surface area contributed by atoms with Crippen molar-refractivity contribution < 1.29 is 0 Å². The van der Waals surface area contributed by atoms with Crippen molar-refractivity contribution >= 4 is 54.8 Å². The predicted molar refractivity (Wildman–Crippen MR) is 95.9 cm³/mol. The van der Waals surface area contributed by atoms with Crippen molar-refractivity contribution in [2.45, 2.75) is 25.2 Å². The van der Waals surface area contributed by atoms with Gasteiger partial charge in [-0.05, 0) is 31.4 Å². The van der Waals surface area contributed by atoms with E-state index in [-0.39, 0.29) is 5.41 Å². The topological polar surface area (TPSA) is 12.9 Å². The minimum atomic E-state index is 0.00870. The number of rotatable bonds is 6. The van der Waals surface area contributed by atoms with E-state index < -0.39 is 0 Å². The molecule has 0 aliphatic rings. The molecule has 0 aliphatic heterocycles. The number of hydrogen-bond acceptors (Lipinski definition) is 2. The van der Waals surface area contributed by atoms with Gasteiger partial charge in [0.2, 0.25) is 0 Å². The molecular formula is C15H16Br2ClNS. The summed E-state index contributed by atoms with van der Waals surface area (Å²) >= 11 is 15.5. The zero-order valence-electron chi connectivity index (χ0n) is 11.2. The summed E-state index contributed by atoms with van der Waals surface area (Å²) in [6.45, 7) is 2.07. The fourth-order valence-corrected chi connectivity index (χ4v) is 5.47. The Hall–Kier alpha value is 0.1000. The maximum Gasteiger partial charge on any atom is 0.0797 e. The van der Waals surface area contributed by atoms with E-state index in [1.54, 1.807) is 11.3 Å². The van der Waals surface area contributed by atoms with Gasteiger partial charge in [-0.1, -0.05) is 61.7 Å². The van der Waals surface area contributed by atoms with Crippen LogP contribution in [0.4, 0.5) is 0 Å². The summed E-state index contributed by atoms with van der Waals surface area (Å²) in [5, 5.41) is 2.60. The summed E-state index contributed by atoms with van der Waals surface area (Å²) in [7, 11) is 0. The largest absolute Gasteiger partial charge is 0.250 e. The molecule has 1 aromatic heterocycles. The van der Waals surface area contributed by atoms with Crippen LogP contribution in [-0.2, 0) is 11.8 Å². The quantitative estimate of drug-likeness (QED) is 0.523. The molecule has 20 heavy (non-hydrogen) atoms. The van der Waals surface area contributed by atoms with Crippen LogP contribution in [-0.4, -0.2) is 15.6 Å². The maximum atomic E-state index is 6.41. The van der Waals surface area contributed by atoms with Gasteiger partial charge < -0.3 is 0 Å². The van der Waals surface area contributed by atoms with Crippen LogP contribution in [0, 0.1) is 6.92 Å². The minimum Gasteiger partial charge on any atom is -0.250 e. The van der Waals surface area contributed by atoms with Gasteiger partial charge in [-0.25, -0.2) is 4.98 Å². The number of aromatic nitrogens is 1. The number of halogens is 3. The number of thiazole rings is 1. The van der Waals surface area contributed by atoms with Crippen molar-refractivity contribution in [3.8, 4) is 0 Å². The maximum absolute atomic E-state index is 6.41. The second kappa shape index (κ2) is 7.39. The van der Waals surface area contributed by atoms with Crippen molar-refractivity contribution in [2.24, 2.45) is 0 Å². The first-order valence-electron chi connectivity index (χ1n) is 6.39. The lowest BCUT2D eigenvalue weighted by Gasteiger charge is -2.31. The Morgan fingerprint density at radius 1 is 1.25 bits per heavy atom. The van der Waals surface area contributed by atoms with E-state index in [0.29, 0.717) is 0 Å². The molecular weight excluding hydrogens is 422 g/mol. The first-order valence-corrected chi connectivity index (χ1v) is 9.89. The molecule has 0 atom stereocenters. The van der Waals surface area contributed by atoms with E-state index >= 15 is 0 Å². The highest BCUT2D eigenvalue weighted by Crippen LogP contribution is 2.38. The first kappa shape index (κ1) is 16.5. The lowest BCUT2D eigenvalue weighted by Crippen LogP contribution is -2.31. The van der Waals surface area contributed by atoms with E-state index in [1.807, 2.05) is 17.6 Å². The summed E-state index contributed by atoms with van der Waals surface area (Å²) < 4.78 is 0. The molecule has 0 saturated heterocycles. The standard InChI is InChI=1S/C15H16Br2ClNS/c1-11-14(20-10-19-11)6-7-15(8-16,9-17)12-4-2-3-5-13(12)18/h2-5,10H,6-9H2,1H3. The Balaban J connectivity index is 2.26. The zero-order valence-corrected chi connectivity index (χ0v) is 15.9. The highest BCUT2D eigenvalue weighted by molar-refractivity contribution is 9.09. The molecule has 0 spiro atoms. The number of hydrogen-bond donors (Lipinski definition) is 0. The molecule has 108 valence electrons. The highest BCUT2D eigenvalue weighted by atomic mass is 79.9. The number of alkyl halides is 2. The fraction of sp³-hybridized carbons (Fsp3) is 0.400. The number of benzene rings is 1. The van der Waals surface area contributed by atoms with Gasteiger partial charge in [-0.3, -0.25) is 0 Å². The normalized spacial score (nSPS) is 11.8. The van der Waals surface area contributed by atoms with Gasteiger partial charge in [-0.2, -0.15) is 0 Å². The van der Waals surface area contributed by atoms with Crippen LogP contribution < -0.4 is 0 Å². The van der Waals surface area contributed by atoms with Crippen LogP contribution in [0.25, 0.3) is 0 Å². The van der Waals surface area contributed by atoms with Gasteiger partial charge in [0.1, 0.15) is 0 Å². The van der Waals surface area contributed by atoms with Gasteiger partial charge >= 0.3 is 0 Å². The molecule has 0 amide bonds. The second-order valence-electron chi connectivity index (χ2n) is 4.89. The SMILES string of the molecule is Cc1ncsc1CCC(CBr)(CBr)c1ccccc1Cl. The van der Waals surface area contributed by atoms with Crippen LogP contribution in [0.5, 0.6) is 0 Å². The molecule has 0 fully saturated rings. The van der Waals surface area contributed by atoms with Gasteiger partial charge in [0.25, 0.3) is 0 Å². The van der Waals surface area contributed by atoms with Gasteiger partial charge in [0.15, 0.2) is 0 Å². The summed E-state index contributed by atoms with van der Waals surface area (Å²) in [6.07, 6.45) is 2.06. The van der Waals surface area contributed by atoms with Crippen molar-refractivity contribution in [3.05, 3.63) is 50.9 Å². The molecule has 0 N–H and O–H groups in total. The molecule has 0 aliphatic carbocycles. The average Bonchev–Trinajstić information content (AvgIpc) is 2.87. The van der Waals surface area contributed by atoms with E-state index in [0.717, 1.165) is 34.2 Å². The Morgan fingerprint density at radius 3 is 2.50 bits per heavy atom. The molecule has 5 heteroatoms. The zero-order chi connectivity index (χ0) is 14.6. The summed E-state index contributed by atoms with van der Waals surface area (Å²) in [5.41, 5.74) is 4.28. The minimum absolute atomic E-state index is 0.00870. The Kier molecular flexibility index (Phi) is 6.09. The van der Waals surface area contributed by atoms with Gasteiger partial charge in [0, 0.05) is 26.0 Å². The summed E-state index contributed by atoms with van der Waals surface area (Å²) in [6, 6.07) is 8.13. The first-order chi connectivity index (χ1) is 9.63. The second-order valence-corrected chi connectivity index (χ2v) is 7.36. The molecule has 0 unspecified atom stereocenters. The van der Waals surface area contributed by atoms with Crippen molar-refractivity contribution in [3.63, 3.8) is 0 Å². The van der Waals surface area contributed by atoms with Crippen LogP contribution >= 0.6 is 54.8 Å². The molecule has 1 heterocycles. The van der Waals surface area contributed by atoms with Gasteiger partial charge in [0.05, 0.1) is 11.2 Å². The lowest BCUT2D eigenvalue weighted by molar-refractivity contribution is 0.506. The average molecular weight is 438 g/mol. The predicted octanol–water partition coefficient (Wildman–Crippen LogP) is 5.77. The molecule has 0 bridgehead atoms. The van der Waals surface area contributed by atoms with Crippen molar-refractivity contribution in [1.29, 1.82) is 0 Å². The fourth-order valence-electron chi connectivity index (χ4n) is 2.26. The molecule has 2 aromatic rings. The van der Waals surface area contributed by atoms with Crippen molar-refractivity contribution in [2.75, 3.05) is 10.7 Å². The van der Waals surface area contributed by atoms with Crippen LogP contribution in [0.15, 0.2) is 29.8 Å². The third-order valence-electron chi connectivity index (χ3n) is 3.63. The van der Waals surface area contributed by atoms with E-state index in [9.17, 15) is 0 Å². The monoisotopic (exact) mass is 435 g/mol. The highest BCUT2D eigenvalue weighted by Gasteiger charge is 2.32. The van der Waals surface area contributed by atoms with Crippen LogP contribution in [0.3, 0.4) is 0 Å². The third kappa shape index (κ3) is 3.46. The lowest BCUT2D eigenvalue weighted by atomic mass is 9.80. The Morgan fingerprint density at radius 2 is 1.95 bits per heavy atom. The Bertz CT molecular complexity index is 567. The number of aryl methyl sites for hydroxylation is 2. The molecule has 0 saturated carbocycles. The van der Waals surface area contributed by atoms with Crippen LogP contribution in [0.1, 0.15) is 22.6 Å². The van der Waals surface area contributed by atoms with E-state index in [4.69, 9.17) is 11.6 Å². The number of nitrogens with zero attached hydrogens (tertiary/aromatic N) is 1. The molecule has 0 radical (unpaired) electrons. The molecule has 2 rings (SSSR count). The molecule has 1 nitrogen and oxygen atoms in total. The third-order valence-corrected chi connectivity index (χ3v) is 7.10. The Labute approximate surface area is 146 Å². The summed E-state index contributed by atoms with van der Waals surface area (Å²) in [5.74, 6) is 0. The molecule has 1 aromatic carbocycles. The van der Waals surface area contributed by atoms with E-state index in [1.165, 1.54) is 10.4 Å². The van der Waals surface area contributed by atoms with Gasteiger partial charge in [-0.15, -0.1) is 11.3 Å². The summed E-state index contributed by atoms with van der Waals surface area (Å²) in [4.78, 5) is 5.69. The van der Waals surface area contributed by atoms with E-state index in [2.05, 4.69) is 55.9 Å². The van der Waals surface area contributed by atoms with Crippen LogP contribution in [0.2, 0.25) is 5.02 Å². The smallest absolute Gasteiger partial charge is 0.0797 e. The van der Waals surface area contributed by atoms with Crippen molar-refractivity contribution in [1.82, 2.24) is 4.98 Å².